The van der Waals surface area contributed by atoms with Gasteiger partial charge < -0.3 is 8.83 Å². The fourth-order valence-corrected chi connectivity index (χ4v) is 5.36. The summed E-state index contributed by atoms with van der Waals surface area (Å²) in [6.07, 6.45) is 0. The van der Waals surface area contributed by atoms with Gasteiger partial charge in [0.25, 0.3) is 0 Å². The maximum Gasteiger partial charge on any atom is 0.178 e. The van der Waals surface area contributed by atoms with Gasteiger partial charge in [-0.3, -0.25) is 0 Å². The molecule has 0 unspecified atom stereocenters. The number of thiophene rings is 1. The monoisotopic (exact) mass is 404 g/mol. The Morgan fingerprint density at radius 2 is 1.30 bits per heavy atom. The summed E-state index contributed by atoms with van der Waals surface area (Å²) in [4.78, 5) is 2.60. The van der Waals surface area contributed by atoms with Crippen molar-refractivity contribution in [1.29, 1.82) is 0 Å². The maximum atomic E-state index is 6.33. The van der Waals surface area contributed by atoms with Crippen molar-refractivity contribution < 1.29 is 8.83 Å². The first kappa shape index (κ1) is 16.3. The first-order valence-electron chi connectivity index (χ1n) is 10.0. The highest BCUT2D eigenvalue weighted by atomic mass is 32.1. The molecule has 0 bridgehead atoms. The van der Waals surface area contributed by atoms with Crippen LogP contribution in [0, 0.1) is 6.92 Å². The largest absolute Gasteiger partial charge is 0.452 e. The molecule has 0 saturated carbocycles. The van der Waals surface area contributed by atoms with E-state index in [4.69, 9.17) is 8.83 Å². The zero-order valence-electron chi connectivity index (χ0n) is 16.2. The van der Waals surface area contributed by atoms with E-state index >= 15 is 0 Å². The molecule has 3 heterocycles. The normalized spacial score (nSPS) is 12.2. The molecule has 0 atom stereocenters. The third-order valence-electron chi connectivity index (χ3n) is 5.97. The minimum atomic E-state index is 0.822. The van der Waals surface area contributed by atoms with Crippen LogP contribution in [0.5, 0.6) is 0 Å². The van der Waals surface area contributed by atoms with E-state index in [1.54, 1.807) is 0 Å². The SMILES string of the molecule is Cc1ccc(-c2ccc3oc4c(ccc5c6cc7ccccc7cc6oc54)c3c2)s1. The summed E-state index contributed by atoms with van der Waals surface area (Å²) in [5.41, 5.74) is 4.65. The van der Waals surface area contributed by atoms with Gasteiger partial charge in [0.1, 0.15) is 11.2 Å². The van der Waals surface area contributed by atoms with Gasteiger partial charge in [0.15, 0.2) is 11.2 Å². The Balaban J connectivity index is 1.55. The molecule has 0 fully saturated rings. The molecule has 3 heteroatoms. The number of fused-ring (bicyclic) bond motifs is 8. The summed E-state index contributed by atoms with van der Waals surface area (Å²) in [6, 6.07) is 27.8. The molecular formula is C27H16O2S. The maximum absolute atomic E-state index is 6.33. The molecular weight excluding hydrogens is 388 g/mol. The second kappa shape index (κ2) is 5.74. The van der Waals surface area contributed by atoms with Crippen LogP contribution in [0.3, 0.4) is 0 Å². The highest BCUT2D eigenvalue weighted by Gasteiger charge is 2.17. The van der Waals surface area contributed by atoms with Gasteiger partial charge in [-0.05, 0) is 77.9 Å². The highest BCUT2D eigenvalue weighted by Crippen LogP contribution is 2.41. The molecule has 142 valence electrons. The fourth-order valence-electron chi connectivity index (χ4n) is 4.50. The third-order valence-corrected chi connectivity index (χ3v) is 7.02. The summed E-state index contributed by atoms with van der Waals surface area (Å²) >= 11 is 1.81. The molecule has 0 amide bonds. The van der Waals surface area contributed by atoms with Crippen LogP contribution in [0.25, 0.3) is 65.1 Å². The molecule has 7 rings (SSSR count). The smallest absolute Gasteiger partial charge is 0.178 e. The van der Waals surface area contributed by atoms with Crippen LogP contribution >= 0.6 is 11.3 Å². The predicted molar refractivity (Wildman–Crippen MR) is 127 cm³/mol. The fraction of sp³-hybridized carbons (Fsp3) is 0.0370. The van der Waals surface area contributed by atoms with Crippen molar-refractivity contribution in [1.82, 2.24) is 0 Å². The lowest BCUT2D eigenvalue weighted by Crippen LogP contribution is -1.73. The quantitative estimate of drug-likeness (QED) is 0.273. The summed E-state index contributed by atoms with van der Waals surface area (Å²) in [5.74, 6) is 0. The van der Waals surface area contributed by atoms with E-state index in [2.05, 4.69) is 85.8 Å². The van der Waals surface area contributed by atoms with Crippen molar-refractivity contribution in [2.24, 2.45) is 0 Å². The van der Waals surface area contributed by atoms with Crippen molar-refractivity contribution in [2.45, 2.75) is 6.92 Å². The second-order valence-corrected chi connectivity index (χ2v) is 9.13. The minimum Gasteiger partial charge on any atom is -0.452 e. The zero-order valence-corrected chi connectivity index (χ0v) is 17.0. The zero-order chi connectivity index (χ0) is 19.8. The van der Waals surface area contributed by atoms with Crippen molar-refractivity contribution in [3.05, 3.63) is 83.7 Å². The number of aryl methyl sites for hydroxylation is 1. The van der Waals surface area contributed by atoms with E-state index in [0.717, 1.165) is 43.9 Å². The van der Waals surface area contributed by atoms with Crippen LogP contribution < -0.4 is 0 Å². The van der Waals surface area contributed by atoms with Gasteiger partial charge in [-0.25, -0.2) is 0 Å². The molecule has 0 N–H and O–H groups in total. The van der Waals surface area contributed by atoms with Gasteiger partial charge in [0, 0.05) is 31.3 Å². The third kappa shape index (κ3) is 2.18. The van der Waals surface area contributed by atoms with E-state index in [1.807, 2.05) is 11.3 Å². The summed E-state index contributed by atoms with van der Waals surface area (Å²) in [6.45, 7) is 2.14. The van der Waals surface area contributed by atoms with Crippen LogP contribution in [-0.4, -0.2) is 0 Å². The van der Waals surface area contributed by atoms with E-state index in [9.17, 15) is 0 Å². The first-order chi connectivity index (χ1) is 14.7. The van der Waals surface area contributed by atoms with Crippen LogP contribution in [0.2, 0.25) is 0 Å². The topological polar surface area (TPSA) is 26.3 Å². The number of furan rings is 2. The summed E-state index contributed by atoms with van der Waals surface area (Å²) in [5, 5.41) is 6.84. The molecule has 0 aliphatic rings. The standard InChI is InChI=1S/C27H16O2S/c1-15-6-11-25(30-15)18-7-10-23-21(13-18)19-8-9-20-22-12-16-4-2-3-5-17(16)14-24(22)29-27(20)26(19)28-23/h2-14H,1H3. The molecule has 7 aromatic rings. The molecule has 2 nitrogen and oxygen atoms in total. The van der Waals surface area contributed by atoms with Crippen LogP contribution in [0.15, 0.2) is 87.7 Å². The second-order valence-electron chi connectivity index (χ2n) is 7.84. The molecule has 30 heavy (non-hydrogen) atoms. The number of rotatable bonds is 1. The predicted octanol–water partition coefficient (Wildman–Crippen LogP) is 8.68. The molecule has 0 spiro atoms. The molecule has 0 aliphatic heterocycles. The van der Waals surface area contributed by atoms with Gasteiger partial charge in [-0.15, -0.1) is 11.3 Å². The van der Waals surface area contributed by atoms with Crippen molar-refractivity contribution in [3.63, 3.8) is 0 Å². The van der Waals surface area contributed by atoms with Gasteiger partial charge >= 0.3 is 0 Å². The Morgan fingerprint density at radius 3 is 2.03 bits per heavy atom. The van der Waals surface area contributed by atoms with Crippen molar-refractivity contribution in [3.8, 4) is 10.4 Å². The molecule has 4 aromatic carbocycles. The Labute approximate surface area is 175 Å². The van der Waals surface area contributed by atoms with Crippen LogP contribution in [0.4, 0.5) is 0 Å². The minimum absolute atomic E-state index is 0.822. The molecule has 0 radical (unpaired) electrons. The molecule has 0 saturated heterocycles. The summed E-state index contributed by atoms with van der Waals surface area (Å²) in [7, 11) is 0. The Hall–Kier alpha value is -3.56. The molecule has 3 aromatic heterocycles. The lowest BCUT2D eigenvalue weighted by Gasteiger charge is -1.97. The molecule has 0 aliphatic carbocycles. The highest BCUT2D eigenvalue weighted by molar-refractivity contribution is 7.15. The van der Waals surface area contributed by atoms with Gasteiger partial charge in [0.05, 0.1) is 0 Å². The van der Waals surface area contributed by atoms with E-state index < -0.39 is 0 Å². The Bertz CT molecular complexity index is 1760. The van der Waals surface area contributed by atoms with E-state index in [1.165, 1.54) is 26.1 Å². The average molecular weight is 404 g/mol. The Kier molecular flexibility index (Phi) is 3.11. The van der Waals surface area contributed by atoms with E-state index in [-0.39, 0.29) is 0 Å². The lowest BCUT2D eigenvalue weighted by molar-refractivity contribution is 0.633. The van der Waals surface area contributed by atoms with Crippen LogP contribution in [-0.2, 0) is 0 Å². The van der Waals surface area contributed by atoms with Gasteiger partial charge in [0.2, 0.25) is 0 Å². The lowest BCUT2D eigenvalue weighted by atomic mass is 10.0. The van der Waals surface area contributed by atoms with Gasteiger partial charge in [-0.2, -0.15) is 0 Å². The Morgan fingerprint density at radius 1 is 0.600 bits per heavy atom. The van der Waals surface area contributed by atoms with Crippen molar-refractivity contribution in [2.75, 3.05) is 0 Å². The van der Waals surface area contributed by atoms with Gasteiger partial charge in [-0.1, -0.05) is 24.3 Å². The van der Waals surface area contributed by atoms with E-state index in [0.29, 0.717) is 0 Å². The van der Waals surface area contributed by atoms with Crippen LogP contribution in [0.1, 0.15) is 4.88 Å². The first-order valence-corrected chi connectivity index (χ1v) is 10.8. The number of hydrogen-bond donors (Lipinski definition) is 0. The average Bonchev–Trinajstić information content (AvgIpc) is 3.46. The number of hydrogen-bond acceptors (Lipinski definition) is 3. The number of benzene rings is 4. The summed E-state index contributed by atoms with van der Waals surface area (Å²) < 4.78 is 12.6. The van der Waals surface area contributed by atoms with Crippen molar-refractivity contribution >= 4 is 66.0 Å².